The molecule has 2 aliphatic rings. The van der Waals surface area contributed by atoms with Gasteiger partial charge in [-0.15, -0.1) is 0 Å². The molecule has 0 aromatic heterocycles. The first-order valence-electron chi connectivity index (χ1n) is 13.3. The standard InChI is InChI=1S/C32H34N2O4/c1-6-33(7-2)25-13-10-22(11-14-25)29-28(30(35)23-12-15-27-24(18-23)17-21(5)38-27)31(36)32(37)34(29)26-16-19(3)8-9-20(26)4/h8-16,18,21,29,35H,6-7,17H2,1-5H3/b30-28-. The molecule has 2 atom stereocenters. The third kappa shape index (κ3) is 4.34. The Hall–Kier alpha value is -4.06. The number of hydrogen-bond donors (Lipinski definition) is 1. The highest BCUT2D eigenvalue weighted by Gasteiger charge is 2.47. The zero-order chi connectivity index (χ0) is 27.1. The lowest BCUT2D eigenvalue weighted by Gasteiger charge is -2.28. The molecule has 6 heteroatoms. The number of amides is 1. The molecule has 2 heterocycles. The fourth-order valence-corrected chi connectivity index (χ4v) is 5.56. The molecule has 1 amide bonds. The summed E-state index contributed by atoms with van der Waals surface area (Å²) in [7, 11) is 0. The molecule has 1 saturated heterocycles. The van der Waals surface area contributed by atoms with Crippen molar-refractivity contribution in [2.24, 2.45) is 0 Å². The maximum atomic E-state index is 13.6. The molecule has 3 aromatic rings. The summed E-state index contributed by atoms with van der Waals surface area (Å²) >= 11 is 0. The highest BCUT2D eigenvalue weighted by atomic mass is 16.5. The van der Waals surface area contributed by atoms with Crippen molar-refractivity contribution in [3.05, 3.63) is 94.1 Å². The number of aryl methyl sites for hydroxylation is 2. The number of ether oxygens (including phenoxy) is 1. The van der Waals surface area contributed by atoms with E-state index in [9.17, 15) is 14.7 Å². The number of carbonyl (C=O) groups is 2. The van der Waals surface area contributed by atoms with Gasteiger partial charge in [-0.05, 0) is 93.3 Å². The largest absolute Gasteiger partial charge is 0.507 e. The molecule has 1 N–H and O–H groups in total. The van der Waals surface area contributed by atoms with E-state index in [0.29, 0.717) is 11.3 Å². The van der Waals surface area contributed by atoms with Gasteiger partial charge in [0.1, 0.15) is 17.6 Å². The zero-order valence-electron chi connectivity index (χ0n) is 22.6. The average Bonchev–Trinajstić information content (AvgIpc) is 3.41. The summed E-state index contributed by atoms with van der Waals surface area (Å²) in [6.45, 7) is 11.8. The molecule has 2 aliphatic heterocycles. The Morgan fingerprint density at radius 1 is 1.00 bits per heavy atom. The quantitative estimate of drug-likeness (QED) is 0.247. The number of anilines is 2. The van der Waals surface area contributed by atoms with E-state index >= 15 is 0 Å². The van der Waals surface area contributed by atoms with Gasteiger partial charge in [-0.3, -0.25) is 14.5 Å². The normalized spacial score (nSPS) is 20.0. The number of fused-ring (bicyclic) bond motifs is 1. The molecule has 0 aliphatic carbocycles. The van der Waals surface area contributed by atoms with Crippen molar-refractivity contribution in [3.8, 4) is 5.75 Å². The van der Waals surface area contributed by atoms with Gasteiger partial charge in [-0.1, -0.05) is 24.3 Å². The predicted molar refractivity (Wildman–Crippen MR) is 151 cm³/mol. The molecular formula is C32H34N2O4. The molecule has 38 heavy (non-hydrogen) atoms. The maximum absolute atomic E-state index is 13.6. The first-order chi connectivity index (χ1) is 18.2. The lowest BCUT2D eigenvalue weighted by atomic mass is 9.94. The number of hydrogen-bond acceptors (Lipinski definition) is 5. The molecule has 2 unspecified atom stereocenters. The topological polar surface area (TPSA) is 70.1 Å². The Morgan fingerprint density at radius 3 is 2.39 bits per heavy atom. The van der Waals surface area contributed by atoms with E-state index in [2.05, 4.69) is 18.7 Å². The summed E-state index contributed by atoms with van der Waals surface area (Å²) in [4.78, 5) is 31.0. The number of aliphatic hydroxyl groups is 1. The van der Waals surface area contributed by atoms with Crippen LogP contribution < -0.4 is 14.5 Å². The Labute approximate surface area is 224 Å². The Kier molecular flexibility index (Phi) is 6.74. The van der Waals surface area contributed by atoms with Gasteiger partial charge in [-0.25, -0.2) is 0 Å². The third-order valence-electron chi connectivity index (χ3n) is 7.58. The average molecular weight is 511 g/mol. The fraction of sp³-hybridized carbons (Fsp3) is 0.312. The zero-order valence-corrected chi connectivity index (χ0v) is 22.6. The molecular weight excluding hydrogens is 476 g/mol. The number of benzene rings is 3. The summed E-state index contributed by atoms with van der Waals surface area (Å²) in [6, 6.07) is 18.5. The van der Waals surface area contributed by atoms with Crippen molar-refractivity contribution in [2.75, 3.05) is 22.9 Å². The van der Waals surface area contributed by atoms with Crippen molar-refractivity contribution < 1.29 is 19.4 Å². The van der Waals surface area contributed by atoms with Gasteiger partial charge in [0.15, 0.2) is 0 Å². The minimum Gasteiger partial charge on any atom is -0.507 e. The van der Waals surface area contributed by atoms with Crippen LogP contribution >= 0.6 is 0 Å². The van der Waals surface area contributed by atoms with E-state index in [0.717, 1.165) is 53.2 Å². The minimum absolute atomic E-state index is 0.0570. The molecule has 0 radical (unpaired) electrons. The van der Waals surface area contributed by atoms with Crippen LogP contribution in [0.1, 0.15) is 54.6 Å². The van der Waals surface area contributed by atoms with Gasteiger partial charge >= 0.3 is 0 Å². The fourth-order valence-electron chi connectivity index (χ4n) is 5.56. The first kappa shape index (κ1) is 25.6. The van der Waals surface area contributed by atoms with E-state index in [1.165, 1.54) is 0 Å². The van der Waals surface area contributed by atoms with E-state index < -0.39 is 17.7 Å². The molecule has 0 spiro atoms. The lowest BCUT2D eigenvalue weighted by Crippen LogP contribution is -2.30. The van der Waals surface area contributed by atoms with E-state index in [4.69, 9.17) is 4.74 Å². The van der Waals surface area contributed by atoms with Crippen molar-refractivity contribution >= 4 is 28.8 Å². The summed E-state index contributed by atoms with van der Waals surface area (Å²) < 4.78 is 5.81. The SMILES string of the molecule is CCN(CC)c1ccc(C2/C(=C(/O)c3ccc4c(c3)CC(C)O4)C(=O)C(=O)N2c2cc(C)ccc2C)cc1. The molecule has 1 fully saturated rings. The third-order valence-corrected chi connectivity index (χ3v) is 7.58. The van der Waals surface area contributed by atoms with E-state index in [1.54, 1.807) is 11.0 Å². The maximum Gasteiger partial charge on any atom is 0.300 e. The second kappa shape index (κ2) is 10.0. The number of aliphatic hydroxyl groups excluding tert-OH is 1. The van der Waals surface area contributed by atoms with Gasteiger partial charge in [0.25, 0.3) is 11.7 Å². The molecule has 3 aromatic carbocycles. The molecule has 5 rings (SSSR count). The highest BCUT2D eigenvalue weighted by Crippen LogP contribution is 2.44. The summed E-state index contributed by atoms with van der Waals surface area (Å²) in [5.41, 5.74) is 5.94. The first-order valence-corrected chi connectivity index (χ1v) is 13.3. The van der Waals surface area contributed by atoms with Crippen LogP contribution in [0.4, 0.5) is 11.4 Å². The van der Waals surface area contributed by atoms with Crippen LogP contribution in [0.5, 0.6) is 5.75 Å². The minimum atomic E-state index is -0.760. The number of Topliss-reactive ketones (excluding diaryl/α,β-unsaturated/α-hetero) is 1. The van der Waals surface area contributed by atoms with Crippen molar-refractivity contribution in [1.29, 1.82) is 0 Å². The van der Waals surface area contributed by atoms with E-state index in [-0.39, 0.29) is 17.4 Å². The van der Waals surface area contributed by atoms with E-state index in [1.807, 2.05) is 75.4 Å². The van der Waals surface area contributed by atoms with Crippen LogP contribution in [0, 0.1) is 13.8 Å². The van der Waals surface area contributed by atoms with Gasteiger partial charge in [0.2, 0.25) is 0 Å². The van der Waals surface area contributed by atoms with Crippen LogP contribution in [0.15, 0.2) is 66.2 Å². The molecule has 0 bridgehead atoms. The van der Waals surface area contributed by atoms with Crippen LogP contribution in [0.2, 0.25) is 0 Å². The monoisotopic (exact) mass is 510 g/mol. The number of carbonyl (C=O) groups excluding carboxylic acids is 2. The van der Waals surface area contributed by atoms with Gasteiger partial charge in [-0.2, -0.15) is 0 Å². The smallest absolute Gasteiger partial charge is 0.300 e. The van der Waals surface area contributed by atoms with Crippen LogP contribution in [0.3, 0.4) is 0 Å². The summed E-state index contributed by atoms with van der Waals surface area (Å²) in [6.07, 6.45) is 0.783. The van der Waals surface area contributed by atoms with Crippen molar-refractivity contribution in [3.63, 3.8) is 0 Å². The highest BCUT2D eigenvalue weighted by molar-refractivity contribution is 6.51. The molecule has 6 nitrogen and oxygen atoms in total. The number of ketones is 1. The van der Waals surface area contributed by atoms with Gasteiger partial charge in [0.05, 0.1) is 11.6 Å². The Balaban J connectivity index is 1.68. The predicted octanol–water partition coefficient (Wildman–Crippen LogP) is 6.10. The van der Waals surface area contributed by atoms with Gasteiger partial charge in [0, 0.05) is 36.4 Å². The Morgan fingerprint density at radius 2 is 1.71 bits per heavy atom. The second-order valence-electron chi connectivity index (χ2n) is 10.2. The lowest BCUT2D eigenvalue weighted by molar-refractivity contribution is -0.132. The molecule has 196 valence electrons. The second-order valence-corrected chi connectivity index (χ2v) is 10.2. The van der Waals surface area contributed by atoms with Gasteiger partial charge < -0.3 is 14.7 Å². The molecule has 0 saturated carbocycles. The number of nitrogens with zero attached hydrogens (tertiary/aromatic N) is 2. The summed E-state index contributed by atoms with van der Waals surface area (Å²) in [5.74, 6) is -0.715. The van der Waals surface area contributed by atoms with Crippen LogP contribution in [-0.4, -0.2) is 36.0 Å². The van der Waals surface area contributed by atoms with Crippen molar-refractivity contribution in [2.45, 2.75) is 53.2 Å². The van der Waals surface area contributed by atoms with Crippen LogP contribution in [-0.2, 0) is 16.0 Å². The Bertz CT molecular complexity index is 1440. The van der Waals surface area contributed by atoms with Crippen molar-refractivity contribution in [1.82, 2.24) is 0 Å². The summed E-state index contributed by atoms with van der Waals surface area (Å²) in [5, 5.41) is 11.6. The van der Waals surface area contributed by atoms with Crippen LogP contribution in [0.25, 0.3) is 5.76 Å². The number of rotatable bonds is 6.